The normalized spacial score (nSPS) is 22.6. The largest absolute Gasteiger partial charge is 0.331 e. The van der Waals surface area contributed by atoms with E-state index in [1.807, 2.05) is 6.20 Å². The van der Waals surface area contributed by atoms with Crippen LogP contribution in [-0.2, 0) is 4.79 Å². The van der Waals surface area contributed by atoms with Crippen LogP contribution in [0.2, 0.25) is 0 Å². The van der Waals surface area contributed by atoms with E-state index in [9.17, 15) is 4.79 Å². The molecule has 1 aliphatic rings. The Hall–Kier alpha value is -1.36. The second-order valence-corrected chi connectivity index (χ2v) is 4.03. The smallest absolute Gasteiger partial charge is 0.212 e. The molecule has 15 heavy (non-hydrogen) atoms. The number of aromatic nitrogens is 2. The molecule has 0 saturated carbocycles. The Kier molecular flexibility index (Phi) is 3.01. The van der Waals surface area contributed by atoms with Gasteiger partial charge in [-0.25, -0.2) is 4.98 Å². The molecule has 1 aromatic heterocycles. The number of anilines is 1. The van der Waals surface area contributed by atoms with Crippen molar-refractivity contribution >= 4 is 12.2 Å². The standard InChI is InChI=1S/C10H16N4O/c1-13-4-2-3-9(5-13)14-6-10(11-7-14)12-8-15/h6-9H,2-5H2,1H3,(H,12,15). The van der Waals surface area contributed by atoms with Gasteiger partial charge in [-0.15, -0.1) is 0 Å². The maximum Gasteiger partial charge on any atom is 0.212 e. The Balaban J connectivity index is 2.04. The first-order valence-corrected chi connectivity index (χ1v) is 5.22. The van der Waals surface area contributed by atoms with Crippen molar-refractivity contribution in [3.05, 3.63) is 12.5 Å². The van der Waals surface area contributed by atoms with Gasteiger partial charge in [-0.2, -0.15) is 0 Å². The molecule has 0 bridgehead atoms. The molecular weight excluding hydrogens is 192 g/mol. The van der Waals surface area contributed by atoms with Crippen molar-refractivity contribution < 1.29 is 4.79 Å². The predicted molar refractivity (Wildman–Crippen MR) is 57.7 cm³/mol. The van der Waals surface area contributed by atoms with Gasteiger partial charge in [0.1, 0.15) is 0 Å². The summed E-state index contributed by atoms with van der Waals surface area (Å²) in [5, 5.41) is 2.55. The first-order valence-electron chi connectivity index (χ1n) is 5.22. The molecule has 82 valence electrons. The summed E-state index contributed by atoms with van der Waals surface area (Å²) in [7, 11) is 2.13. The van der Waals surface area contributed by atoms with E-state index < -0.39 is 0 Å². The number of nitrogens with zero attached hydrogens (tertiary/aromatic N) is 3. The van der Waals surface area contributed by atoms with Gasteiger partial charge in [-0.3, -0.25) is 4.79 Å². The molecule has 1 N–H and O–H groups in total. The summed E-state index contributed by atoms with van der Waals surface area (Å²) in [5.74, 6) is 0.623. The minimum Gasteiger partial charge on any atom is -0.331 e. The summed E-state index contributed by atoms with van der Waals surface area (Å²) in [6, 6.07) is 0.485. The van der Waals surface area contributed by atoms with Gasteiger partial charge in [0.25, 0.3) is 0 Å². The predicted octanol–water partition coefficient (Wildman–Crippen LogP) is 0.718. The van der Waals surface area contributed by atoms with Gasteiger partial charge in [0.2, 0.25) is 6.41 Å². The topological polar surface area (TPSA) is 50.2 Å². The maximum absolute atomic E-state index is 10.2. The van der Waals surface area contributed by atoms with Crippen molar-refractivity contribution in [1.82, 2.24) is 14.5 Å². The van der Waals surface area contributed by atoms with Crippen molar-refractivity contribution in [3.63, 3.8) is 0 Å². The van der Waals surface area contributed by atoms with Gasteiger partial charge in [0.05, 0.1) is 6.33 Å². The average molecular weight is 208 g/mol. The SMILES string of the molecule is CN1CCCC(n2cnc(NC=O)c2)C1. The van der Waals surface area contributed by atoms with Gasteiger partial charge in [-0.1, -0.05) is 0 Å². The molecule has 1 amide bonds. The van der Waals surface area contributed by atoms with Crippen LogP contribution in [0.1, 0.15) is 18.9 Å². The lowest BCUT2D eigenvalue weighted by Crippen LogP contribution is -2.33. The third-order valence-corrected chi connectivity index (χ3v) is 2.83. The monoisotopic (exact) mass is 208 g/mol. The summed E-state index contributed by atoms with van der Waals surface area (Å²) in [6.45, 7) is 2.22. The van der Waals surface area contributed by atoms with Crippen LogP contribution in [0.3, 0.4) is 0 Å². The number of hydrogen-bond acceptors (Lipinski definition) is 3. The fraction of sp³-hybridized carbons (Fsp3) is 0.600. The molecule has 2 heterocycles. The Morgan fingerprint density at radius 2 is 2.53 bits per heavy atom. The third-order valence-electron chi connectivity index (χ3n) is 2.83. The summed E-state index contributed by atoms with van der Waals surface area (Å²) in [5.41, 5.74) is 0. The molecule has 5 heteroatoms. The molecule has 1 aromatic rings. The Morgan fingerprint density at radius 1 is 1.67 bits per heavy atom. The second-order valence-electron chi connectivity index (χ2n) is 4.03. The number of hydrogen-bond donors (Lipinski definition) is 1. The minimum atomic E-state index is 0.485. The number of amides is 1. The van der Waals surface area contributed by atoms with Crippen LogP contribution in [0.5, 0.6) is 0 Å². The number of carbonyl (C=O) groups is 1. The van der Waals surface area contributed by atoms with Crippen LogP contribution in [0.15, 0.2) is 12.5 Å². The van der Waals surface area contributed by atoms with E-state index in [-0.39, 0.29) is 0 Å². The van der Waals surface area contributed by atoms with Crippen molar-refractivity contribution in [3.8, 4) is 0 Å². The van der Waals surface area contributed by atoms with Crippen LogP contribution in [0.25, 0.3) is 0 Å². The van der Waals surface area contributed by atoms with Crippen molar-refractivity contribution in [2.45, 2.75) is 18.9 Å². The number of likely N-dealkylation sites (tertiary alicyclic amines) is 1. The molecule has 1 atom stereocenters. The number of nitrogens with one attached hydrogen (secondary N) is 1. The molecular formula is C10H16N4O. The summed E-state index contributed by atoms with van der Waals surface area (Å²) >= 11 is 0. The number of rotatable bonds is 3. The zero-order chi connectivity index (χ0) is 10.7. The Labute approximate surface area is 89.1 Å². The van der Waals surface area contributed by atoms with Gasteiger partial charge >= 0.3 is 0 Å². The van der Waals surface area contributed by atoms with E-state index in [1.54, 1.807) is 6.33 Å². The maximum atomic E-state index is 10.2. The lowest BCUT2D eigenvalue weighted by atomic mass is 10.1. The van der Waals surface area contributed by atoms with E-state index in [2.05, 4.69) is 26.8 Å². The molecule has 5 nitrogen and oxygen atoms in total. The minimum absolute atomic E-state index is 0.485. The van der Waals surface area contributed by atoms with Gasteiger partial charge in [0, 0.05) is 18.8 Å². The van der Waals surface area contributed by atoms with E-state index >= 15 is 0 Å². The molecule has 0 spiro atoms. The van der Waals surface area contributed by atoms with E-state index in [0.29, 0.717) is 18.3 Å². The van der Waals surface area contributed by atoms with Crippen LogP contribution in [0.4, 0.5) is 5.82 Å². The molecule has 0 radical (unpaired) electrons. The Bertz CT molecular complexity index is 336. The number of carbonyl (C=O) groups excluding carboxylic acids is 1. The van der Waals surface area contributed by atoms with Crippen molar-refractivity contribution in [1.29, 1.82) is 0 Å². The highest BCUT2D eigenvalue weighted by atomic mass is 16.1. The molecule has 1 saturated heterocycles. The number of piperidine rings is 1. The number of likely N-dealkylation sites (N-methyl/N-ethyl adjacent to an activating group) is 1. The van der Waals surface area contributed by atoms with E-state index in [4.69, 9.17) is 0 Å². The van der Waals surface area contributed by atoms with Crippen LogP contribution in [-0.4, -0.2) is 41.0 Å². The van der Waals surface area contributed by atoms with E-state index in [1.165, 1.54) is 19.4 Å². The number of imidazole rings is 1. The van der Waals surface area contributed by atoms with Crippen LogP contribution < -0.4 is 5.32 Å². The quantitative estimate of drug-likeness (QED) is 0.745. The average Bonchev–Trinajstić information content (AvgIpc) is 2.67. The van der Waals surface area contributed by atoms with Gasteiger partial charge < -0.3 is 14.8 Å². The highest BCUT2D eigenvalue weighted by Crippen LogP contribution is 2.21. The molecule has 1 fully saturated rings. The third kappa shape index (κ3) is 2.36. The van der Waals surface area contributed by atoms with Crippen molar-refractivity contribution in [2.75, 3.05) is 25.5 Å². The van der Waals surface area contributed by atoms with E-state index in [0.717, 1.165) is 6.54 Å². The fourth-order valence-corrected chi connectivity index (χ4v) is 2.05. The Morgan fingerprint density at radius 3 is 3.27 bits per heavy atom. The van der Waals surface area contributed by atoms with Gasteiger partial charge in [0.15, 0.2) is 5.82 Å². The van der Waals surface area contributed by atoms with Crippen LogP contribution >= 0.6 is 0 Å². The van der Waals surface area contributed by atoms with Gasteiger partial charge in [-0.05, 0) is 26.4 Å². The molecule has 2 rings (SSSR count). The lowest BCUT2D eigenvalue weighted by Gasteiger charge is -2.30. The summed E-state index contributed by atoms with van der Waals surface area (Å²) in [6.07, 6.45) is 6.73. The fourth-order valence-electron chi connectivity index (χ4n) is 2.05. The zero-order valence-corrected chi connectivity index (χ0v) is 8.89. The first-order chi connectivity index (χ1) is 7.29. The summed E-state index contributed by atoms with van der Waals surface area (Å²) in [4.78, 5) is 16.7. The highest BCUT2D eigenvalue weighted by molar-refractivity contribution is 5.68. The molecule has 1 unspecified atom stereocenters. The first kappa shape index (κ1) is 10.2. The highest BCUT2D eigenvalue weighted by Gasteiger charge is 2.18. The van der Waals surface area contributed by atoms with Crippen LogP contribution in [0, 0.1) is 0 Å². The summed E-state index contributed by atoms with van der Waals surface area (Å²) < 4.78 is 2.08. The second kappa shape index (κ2) is 4.44. The zero-order valence-electron chi connectivity index (χ0n) is 8.89. The lowest BCUT2D eigenvalue weighted by molar-refractivity contribution is -0.105. The molecule has 0 aliphatic carbocycles. The molecule has 0 aromatic carbocycles. The van der Waals surface area contributed by atoms with Crippen molar-refractivity contribution in [2.24, 2.45) is 0 Å². The molecule has 1 aliphatic heterocycles.